The number of pyridine rings is 1. The summed E-state index contributed by atoms with van der Waals surface area (Å²) in [6.07, 6.45) is 1.40. The minimum Gasteiger partial charge on any atom is -0.396 e. The second-order valence-corrected chi connectivity index (χ2v) is 3.26. The fourth-order valence-corrected chi connectivity index (χ4v) is 1.28. The van der Waals surface area contributed by atoms with Gasteiger partial charge in [-0.05, 0) is 25.0 Å². The van der Waals surface area contributed by atoms with E-state index in [0.29, 0.717) is 5.56 Å². The van der Waals surface area contributed by atoms with Gasteiger partial charge in [0, 0.05) is 24.6 Å². The summed E-state index contributed by atoms with van der Waals surface area (Å²) in [5.41, 5.74) is 1.48. The number of aliphatic hydroxyl groups excluding tert-OH is 3. The fraction of sp³-hybridized carbons (Fsp3) is 0.500. The lowest BCUT2D eigenvalue weighted by molar-refractivity contribution is 0.00370. The van der Waals surface area contributed by atoms with Crippen molar-refractivity contribution in [1.29, 1.82) is 0 Å². The Labute approximate surface area is 82.9 Å². The summed E-state index contributed by atoms with van der Waals surface area (Å²) in [6, 6.07) is 1.77. The van der Waals surface area contributed by atoms with Crippen molar-refractivity contribution in [2.45, 2.75) is 25.6 Å². The second kappa shape index (κ2) is 5.05. The highest BCUT2D eigenvalue weighted by Crippen LogP contribution is 2.20. The first-order chi connectivity index (χ1) is 6.66. The van der Waals surface area contributed by atoms with Gasteiger partial charge >= 0.3 is 0 Å². The largest absolute Gasteiger partial charge is 0.396 e. The summed E-state index contributed by atoms with van der Waals surface area (Å²) < 4.78 is 0. The molecule has 0 radical (unpaired) electrons. The summed E-state index contributed by atoms with van der Waals surface area (Å²) in [7, 11) is 0. The Morgan fingerprint density at radius 3 is 2.71 bits per heavy atom. The topological polar surface area (TPSA) is 73.6 Å². The Morgan fingerprint density at radius 2 is 2.14 bits per heavy atom. The van der Waals surface area contributed by atoms with E-state index in [0.717, 1.165) is 5.56 Å². The van der Waals surface area contributed by atoms with Crippen molar-refractivity contribution in [3.8, 4) is 0 Å². The molecule has 78 valence electrons. The van der Waals surface area contributed by atoms with Crippen LogP contribution < -0.4 is 0 Å². The van der Waals surface area contributed by atoms with Gasteiger partial charge in [-0.3, -0.25) is 4.98 Å². The molecule has 1 heterocycles. The van der Waals surface area contributed by atoms with E-state index in [2.05, 4.69) is 4.98 Å². The summed E-state index contributed by atoms with van der Waals surface area (Å²) in [4.78, 5) is 3.88. The molecule has 0 aliphatic carbocycles. The maximum absolute atomic E-state index is 9.70. The predicted molar refractivity (Wildman–Crippen MR) is 51.6 cm³/mol. The molecular formula is C10H15NO3. The zero-order valence-electron chi connectivity index (χ0n) is 8.09. The number of rotatable bonds is 4. The van der Waals surface area contributed by atoms with E-state index in [1.54, 1.807) is 12.3 Å². The first-order valence-electron chi connectivity index (χ1n) is 4.54. The van der Waals surface area contributed by atoms with Crippen molar-refractivity contribution >= 4 is 0 Å². The number of hydrogen-bond acceptors (Lipinski definition) is 4. The molecule has 4 nitrogen and oxygen atoms in total. The molecule has 0 aliphatic heterocycles. The van der Waals surface area contributed by atoms with Gasteiger partial charge in [0.1, 0.15) is 6.10 Å². The van der Waals surface area contributed by atoms with E-state index < -0.39 is 12.2 Å². The molecule has 0 spiro atoms. The smallest absolute Gasteiger partial charge is 0.107 e. The zero-order chi connectivity index (χ0) is 10.6. The summed E-state index contributed by atoms with van der Waals surface area (Å²) in [6.45, 7) is 1.70. The molecule has 0 saturated carbocycles. The van der Waals surface area contributed by atoms with Crippen LogP contribution in [0.2, 0.25) is 0 Å². The van der Waals surface area contributed by atoms with Gasteiger partial charge in [0.25, 0.3) is 0 Å². The normalized spacial score (nSPS) is 15.1. The Bertz CT molecular complexity index is 290. The molecule has 14 heavy (non-hydrogen) atoms. The summed E-state index contributed by atoms with van der Waals surface area (Å²) in [5.74, 6) is 0. The Hall–Kier alpha value is -0.970. The molecule has 0 aromatic carbocycles. The number of aromatic nitrogens is 1. The monoisotopic (exact) mass is 197 g/mol. The van der Waals surface area contributed by atoms with E-state index in [1.165, 1.54) is 6.20 Å². The predicted octanol–water partition coefficient (Wildman–Crippen LogP) is 0.167. The number of hydrogen-bond donors (Lipinski definition) is 3. The molecule has 0 saturated heterocycles. The van der Waals surface area contributed by atoms with Crippen LogP contribution in [0.15, 0.2) is 18.5 Å². The minimum atomic E-state index is -0.976. The molecule has 1 rings (SSSR count). The Morgan fingerprint density at radius 1 is 1.43 bits per heavy atom. The van der Waals surface area contributed by atoms with Crippen molar-refractivity contribution in [3.05, 3.63) is 29.6 Å². The van der Waals surface area contributed by atoms with E-state index in [9.17, 15) is 10.2 Å². The van der Waals surface area contributed by atoms with Gasteiger partial charge in [-0.15, -0.1) is 0 Å². The van der Waals surface area contributed by atoms with Crippen molar-refractivity contribution < 1.29 is 15.3 Å². The molecule has 0 aliphatic rings. The highest BCUT2D eigenvalue weighted by molar-refractivity contribution is 5.24. The van der Waals surface area contributed by atoms with Crippen LogP contribution in [0.3, 0.4) is 0 Å². The van der Waals surface area contributed by atoms with Crippen molar-refractivity contribution in [1.82, 2.24) is 4.98 Å². The van der Waals surface area contributed by atoms with Crippen LogP contribution in [-0.4, -0.2) is 33.0 Å². The molecule has 4 heteroatoms. The first kappa shape index (κ1) is 11.1. The van der Waals surface area contributed by atoms with Gasteiger partial charge in [0.2, 0.25) is 0 Å². The van der Waals surface area contributed by atoms with Gasteiger partial charge in [-0.2, -0.15) is 0 Å². The molecule has 3 N–H and O–H groups in total. The van der Waals surface area contributed by atoms with Crippen molar-refractivity contribution in [2.24, 2.45) is 0 Å². The van der Waals surface area contributed by atoms with Crippen LogP contribution in [0.25, 0.3) is 0 Å². The van der Waals surface area contributed by atoms with Crippen LogP contribution in [0.1, 0.15) is 23.7 Å². The van der Waals surface area contributed by atoms with Crippen LogP contribution in [-0.2, 0) is 0 Å². The molecule has 1 aromatic rings. The van der Waals surface area contributed by atoms with Gasteiger partial charge < -0.3 is 15.3 Å². The molecule has 0 bridgehead atoms. The minimum absolute atomic E-state index is 0.141. The fourth-order valence-electron chi connectivity index (χ4n) is 1.28. The summed E-state index contributed by atoms with van der Waals surface area (Å²) in [5, 5.41) is 27.8. The maximum atomic E-state index is 9.70. The third-order valence-corrected chi connectivity index (χ3v) is 2.19. The summed E-state index contributed by atoms with van der Waals surface area (Å²) >= 11 is 0. The second-order valence-electron chi connectivity index (χ2n) is 3.26. The van der Waals surface area contributed by atoms with Crippen LogP contribution in [0.4, 0.5) is 0 Å². The quantitative estimate of drug-likeness (QED) is 0.643. The third-order valence-electron chi connectivity index (χ3n) is 2.19. The number of aliphatic hydroxyl groups is 3. The highest BCUT2D eigenvalue weighted by atomic mass is 16.3. The van der Waals surface area contributed by atoms with Crippen molar-refractivity contribution in [2.75, 3.05) is 6.61 Å². The SMILES string of the molecule is Cc1ccncc1C(O)C(O)CCO. The molecule has 0 amide bonds. The van der Waals surface area contributed by atoms with Crippen LogP contribution in [0, 0.1) is 6.92 Å². The molecule has 1 aromatic heterocycles. The molecular weight excluding hydrogens is 182 g/mol. The maximum Gasteiger partial charge on any atom is 0.107 e. The van der Waals surface area contributed by atoms with E-state index >= 15 is 0 Å². The van der Waals surface area contributed by atoms with Crippen LogP contribution >= 0.6 is 0 Å². The number of aryl methyl sites for hydroxylation is 1. The number of nitrogens with zero attached hydrogens (tertiary/aromatic N) is 1. The average molecular weight is 197 g/mol. The highest BCUT2D eigenvalue weighted by Gasteiger charge is 2.19. The third kappa shape index (κ3) is 2.51. The van der Waals surface area contributed by atoms with Gasteiger partial charge in [0.05, 0.1) is 6.10 Å². The van der Waals surface area contributed by atoms with Gasteiger partial charge in [-0.25, -0.2) is 0 Å². The first-order valence-corrected chi connectivity index (χ1v) is 4.54. The standard InChI is InChI=1S/C10H15NO3/c1-7-2-4-11-6-8(7)10(14)9(13)3-5-12/h2,4,6,9-10,12-14H,3,5H2,1H3. The van der Waals surface area contributed by atoms with Crippen molar-refractivity contribution in [3.63, 3.8) is 0 Å². The van der Waals surface area contributed by atoms with E-state index in [1.807, 2.05) is 6.92 Å². The molecule has 0 fully saturated rings. The van der Waals surface area contributed by atoms with E-state index in [4.69, 9.17) is 5.11 Å². The van der Waals surface area contributed by atoms with Crippen LogP contribution in [0.5, 0.6) is 0 Å². The van der Waals surface area contributed by atoms with Gasteiger partial charge in [-0.1, -0.05) is 0 Å². The zero-order valence-corrected chi connectivity index (χ0v) is 8.09. The lowest BCUT2D eigenvalue weighted by atomic mass is 10.0. The lowest BCUT2D eigenvalue weighted by Crippen LogP contribution is -2.20. The molecule has 2 atom stereocenters. The lowest BCUT2D eigenvalue weighted by Gasteiger charge is -2.18. The molecule has 2 unspecified atom stereocenters. The average Bonchev–Trinajstić information content (AvgIpc) is 2.18. The Kier molecular flexibility index (Phi) is 4.00. The van der Waals surface area contributed by atoms with Gasteiger partial charge in [0.15, 0.2) is 0 Å². The Balaban J connectivity index is 2.78. The van der Waals surface area contributed by atoms with E-state index in [-0.39, 0.29) is 13.0 Å².